The van der Waals surface area contributed by atoms with E-state index in [9.17, 15) is 4.79 Å². The highest BCUT2D eigenvalue weighted by molar-refractivity contribution is 5.70. The first-order valence-corrected chi connectivity index (χ1v) is 6.67. The SMILES string of the molecule is O=C(O)C1CCC(c2nc(Cc3ccccn3)no2)C1. The van der Waals surface area contributed by atoms with Gasteiger partial charge in [0.2, 0.25) is 5.89 Å². The van der Waals surface area contributed by atoms with Crippen molar-refractivity contribution < 1.29 is 14.4 Å². The highest BCUT2D eigenvalue weighted by Crippen LogP contribution is 2.37. The van der Waals surface area contributed by atoms with Crippen molar-refractivity contribution in [2.75, 3.05) is 0 Å². The van der Waals surface area contributed by atoms with E-state index in [2.05, 4.69) is 15.1 Å². The summed E-state index contributed by atoms with van der Waals surface area (Å²) in [6.07, 6.45) is 4.31. The molecule has 0 aliphatic heterocycles. The molecule has 2 aromatic heterocycles. The Morgan fingerprint density at radius 1 is 1.40 bits per heavy atom. The van der Waals surface area contributed by atoms with Crippen LogP contribution in [-0.4, -0.2) is 26.2 Å². The van der Waals surface area contributed by atoms with Crippen LogP contribution in [0.3, 0.4) is 0 Å². The summed E-state index contributed by atoms with van der Waals surface area (Å²) < 4.78 is 5.27. The van der Waals surface area contributed by atoms with E-state index in [0.29, 0.717) is 31.0 Å². The molecule has 1 saturated carbocycles. The van der Waals surface area contributed by atoms with Crippen LogP contribution in [0, 0.1) is 5.92 Å². The maximum absolute atomic E-state index is 10.9. The lowest BCUT2D eigenvalue weighted by Crippen LogP contribution is -2.09. The maximum Gasteiger partial charge on any atom is 0.306 e. The molecule has 1 aliphatic rings. The standard InChI is InChI=1S/C14H15N3O3/c18-14(19)10-5-4-9(7-10)13-16-12(17-20-13)8-11-3-1-2-6-15-11/h1-3,6,9-10H,4-5,7-8H2,(H,18,19). The Morgan fingerprint density at radius 2 is 2.30 bits per heavy atom. The molecular formula is C14H15N3O3. The lowest BCUT2D eigenvalue weighted by molar-refractivity contribution is -0.141. The topological polar surface area (TPSA) is 89.1 Å². The van der Waals surface area contributed by atoms with E-state index in [4.69, 9.17) is 9.63 Å². The molecule has 104 valence electrons. The van der Waals surface area contributed by atoms with Gasteiger partial charge < -0.3 is 9.63 Å². The average molecular weight is 273 g/mol. The largest absolute Gasteiger partial charge is 0.481 e. The number of carboxylic acid groups (broad SMARTS) is 1. The van der Waals surface area contributed by atoms with Gasteiger partial charge >= 0.3 is 5.97 Å². The van der Waals surface area contributed by atoms with Crippen LogP contribution in [0.15, 0.2) is 28.9 Å². The van der Waals surface area contributed by atoms with Gasteiger partial charge in [-0.2, -0.15) is 4.98 Å². The minimum atomic E-state index is -0.735. The van der Waals surface area contributed by atoms with Gasteiger partial charge in [-0.25, -0.2) is 0 Å². The Balaban J connectivity index is 1.67. The number of hydrogen-bond donors (Lipinski definition) is 1. The number of carbonyl (C=O) groups is 1. The Bertz CT molecular complexity index is 597. The number of nitrogens with zero attached hydrogens (tertiary/aromatic N) is 3. The summed E-state index contributed by atoms with van der Waals surface area (Å²) in [5.41, 5.74) is 0.884. The fourth-order valence-electron chi connectivity index (χ4n) is 2.60. The average Bonchev–Trinajstić information content (AvgIpc) is 3.08. The number of hydrogen-bond acceptors (Lipinski definition) is 5. The van der Waals surface area contributed by atoms with Crippen molar-refractivity contribution >= 4 is 5.97 Å². The van der Waals surface area contributed by atoms with E-state index in [0.717, 1.165) is 12.1 Å². The highest BCUT2D eigenvalue weighted by Gasteiger charge is 2.33. The molecule has 0 saturated heterocycles. The van der Waals surface area contributed by atoms with Gasteiger partial charge in [-0.3, -0.25) is 9.78 Å². The summed E-state index contributed by atoms with van der Waals surface area (Å²) in [6.45, 7) is 0. The zero-order valence-corrected chi connectivity index (χ0v) is 10.9. The number of carboxylic acids is 1. The van der Waals surface area contributed by atoms with Crippen LogP contribution in [-0.2, 0) is 11.2 Å². The fourth-order valence-corrected chi connectivity index (χ4v) is 2.60. The van der Waals surface area contributed by atoms with Gasteiger partial charge in [0.05, 0.1) is 12.3 Å². The van der Waals surface area contributed by atoms with E-state index in [1.165, 1.54) is 0 Å². The molecule has 1 fully saturated rings. The summed E-state index contributed by atoms with van der Waals surface area (Å²) >= 11 is 0. The highest BCUT2D eigenvalue weighted by atomic mass is 16.5. The second-order valence-electron chi connectivity index (χ2n) is 5.09. The van der Waals surface area contributed by atoms with Crippen LogP contribution in [0.4, 0.5) is 0 Å². The van der Waals surface area contributed by atoms with Crippen molar-refractivity contribution in [2.45, 2.75) is 31.6 Å². The molecule has 0 bridgehead atoms. The summed E-state index contributed by atoms with van der Waals surface area (Å²) in [5, 5.41) is 13.0. The summed E-state index contributed by atoms with van der Waals surface area (Å²) in [5.74, 6) is 0.199. The van der Waals surface area contributed by atoms with Crippen LogP contribution >= 0.6 is 0 Å². The summed E-state index contributed by atoms with van der Waals surface area (Å²) in [6, 6.07) is 5.68. The van der Waals surface area contributed by atoms with Crippen molar-refractivity contribution in [1.29, 1.82) is 0 Å². The molecule has 0 aromatic carbocycles. The van der Waals surface area contributed by atoms with Crippen LogP contribution in [0.1, 0.15) is 42.6 Å². The first-order chi connectivity index (χ1) is 9.72. The number of aliphatic carboxylic acids is 1. The van der Waals surface area contributed by atoms with Crippen LogP contribution < -0.4 is 0 Å². The van der Waals surface area contributed by atoms with Crippen molar-refractivity contribution in [3.05, 3.63) is 41.8 Å². The van der Waals surface area contributed by atoms with Crippen LogP contribution in [0.25, 0.3) is 0 Å². The smallest absolute Gasteiger partial charge is 0.306 e. The molecule has 0 spiro atoms. The predicted molar refractivity (Wildman–Crippen MR) is 69.1 cm³/mol. The van der Waals surface area contributed by atoms with Gasteiger partial charge in [-0.05, 0) is 31.4 Å². The molecule has 1 N–H and O–H groups in total. The summed E-state index contributed by atoms with van der Waals surface area (Å²) in [7, 11) is 0. The zero-order chi connectivity index (χ0) is 13.9. The lowest BCUT2D eigenvalue weighted by Gasteiger charge is -2.02. The van der Waals surface area contributed by atoms with E-state index < -0.39 is 5.97 Å². The number of pyridine rings is 1. The minimum Gasteiger partial charge on any atom is -0.481 e. The van der Waals surface area contributed by atoms with Crippen molar-refractivity contribution in [2.24, 2.45) is 5.92 Å². The van der Waals surface area contributed by atoms with Gasteiger partial charge in [0.1, 0.15) is 0 Å². The van der Waals surface area contributed by atoms with E-state index in [1.54, 1.807) is 6.20 Å². The quantitative estimate of drug-likeness (QED) is 0.916. The second-order valence-corrected chi connectivity index (χ2v) is 5.09. The molecular weight excluding hydrogens is 258 g/mol. The molecule has 20 heavy (non-hydrogen) atoms. The van der Waals surface area contributed by atoms with Gasteiger partial charge in [-0.1, -0.05) is 11.2 Å². The minimum absolute atomic E-state index is 0.0704. The van der Waals surface area contributed by atoms with Crippen molar-refractivity contribution in [3.8, 4) is 0 Å². The molecule has 2 heterocycles. The number of aromatic nitrogens is 3. The van der Waals surface area contributed by atoms with Gasteiger partial charge in [0, 0.05) is 17.8 Å². The third-order valence-corrected chi connectivity index (χ3v) is 3.68. The Kier molecular flexibility index (Phi) is 3.45. The van der Waals surface area contributed by atoms with E-state index in [1.807, 2.05) is 18.2 Å². The predicted octanol–water partition coefficient (Wildman–Crippen LogP) is 2.02. The van der Waals surface area contributed by atoms with Gasteiger partial charge in [-0.15, -0.1) is 0 Å². The third kappa shape index (κ3) is 2.68. The second kappa shape index (κ2) is 5.40. The molecule has 2 atom stereocenters. The molecule has 3 rings (SSSR count). The zero-order valence-electron chi connectivity index (χ0n) is 10.9. The Morgan fingerprint density at radius 3 is 3.00 bits per heavy atom. The Hall–Kier alpha value is -2.24. The van der Waals surface area contributed by atoms with Crippen LogP contribution in [0.5, 0.6) is 0 Å². The molecule has 1 aliphatic carbocycles. The molecule has 0 amide bonds. The summed E-state index contributed by atoms with van der Waals surface area (Å²) in [4.78, 5) is 19.5. The molecule has 6 heteroatoms. The molecule has 6 nitrogen and oxygen atoms in total. The molecule has 2 unspecified atom stereocenters. The monoisotopic (exact) mass is 273 g/mol. The molecule has 2 aromatic rings. The Labute approximate surface area is 115 Å². The maximum atomic E-state index is 10.9. The van der Waals surface area contributed by atoms with Crippen LogP contribution in [0.2, 0.25) is 0 Å². The fraction of sp³-hybridized carbons (Fsp3) is 0.429. The third-order valence-electron chi connectivity index (χ3n) is 3.68. The first kappa shape index (κ1) is 12.8. The normalized spacial score (nSPS) is 22.0. The first-order valence-electron chi connectivity index (χ1n) is 6.67. The van der Waals surface area contributed by atoms with Crippen molar-refractivity contribution in [3.63, 3.8) is 0 Å². The van der Waals surface area contributed by atoms with Gasteiger partial charge in [0.25, 0.3) is 0 Å². The molecule has 0 radical (unpaired) electrons. The lowest BCUT2D eigenvalue weighted by atomic mass is 10.1. The van der Waals surface area contributed by atoms with Gasteiger partial charge in [0.15, 0.2) is 5.82 Å². The number of rotatable bonds is 4. The van der Waals surface area contributed by atoms with E-state index >= 15 is 0 Å². The van der Waals surface area contributed by atoms with E-state index in [-0.39, 0.29) is 11.8 Å². The van der Waals surface area contributed by atoms with Crippen molar-refractivity contribution in [1.82, 2.24) is 15.1 Å².